The van der Waals surface area contributed by atoms with Crippen LogP contribution in [0.3, 0.4) is 0 Å². The zero-order valence-electron chi connectivity index (χ0n) is 13.2. The lowest BCUT2D eigenvalue weighted by atomic mass is 9.80. The van der Waals surface area contributed by atoms with Crippen molar-refractivity contribution in [1.82, 2.24) is 25.4 Å². The molecule has 1 saturated carbocycles. The van der Waals surface area contributed by atoms with Crippen molar-refractivity contribution in [3.8, 4) is 0 Å². The van der Waals surface area contributed by atoms with Crippen LogP contribution in [0.25, 0.3) is 0 Å². The number of aryl methyl sites for hydroxylation is 2. The Morgan fingerprint density at radius 1 is 1.45 bits per heavy atom. The van der Waals surface area contributed by atoms with Gasteiger partial charge in [-0.05, 0) is 39.0 Å². The average Bonchev–Trinajstić information content (AvgIpc) is 2.82. The van der Waals surface area contributed by atoms with E-state index in [0.29, 0.717) is 6.54 Å². The highest BCUT2D eigenvalue weighted by atomic mass is 127. The third-order valence-corrected chi connectivity index (χ3v) is 4.38. The van der Waals surface area contributed by atoms with Gasteiger partial charge in [-0.25, -0.2) is 9.67 Å². The second-order valence-corrected chi connectivity index (χ2v) is 6.08. The molecule has 8 heteroatoms. The van der Waals surface area contributed by atoms with Gasteiger partial charge in [0.1, 0.15) is 11.6 Å². The van der Waals surface area contributed by atoms with E-state index in [1.807, 2.05) is 11.6 Å². The number of nitrogens with one attached hydrogen (secondary N) is 2. The molecule has 0 bridgehead atoms. The number of nitrogens with zero attached hydrogens (tertiary/aromatic N) is 4. The number of aromatic nitrogens is 3. The van der Waals surface area contributed by atoms with Crippen molar-refractivity contribution in [3.63, 3.8) is 0 Å². The van der Waals surface area contributed by atoms with E-state index >= 15 is 0 Å². The zero-order valence-corrected chi connectivity index (χ0v) is 15.5. The van der Waals surface area contributed by atoms with Crippen molar-refractivity contribution in [2.24, 2.45) is 4.99 Å². The summed E-state index contributed by atoms with van der Waals surface area (Å²) in [6.45, 7) is 3.40. The van der Waals surface area contributed by atoms with Crippen LogP contribution in [0.4, 0.5) is 0 Å². The molecule has 0 aromatic carbocycles. The lowest BCUT2D eigenvalue weighted by molar-refractivity contribution is -0.0279. The summed E-state index contributed by atoms with van der Waals surface area (Å²) in [5.41, 5.74) is -0.555. The minimum Gasteiger partial charge on any atom is -0.388 e. The van der Waals surface area contributed by atoms with E-state index < -0.39 is 5.60 Å². The highest BCUT2D eigenvalue weighted by Crippen LogP contribution is 2.30. The standard InChI is InChI=1S/C14H24N6O.HI/c1-10-17-12-11(5-3-8-20(12)19-10)18-13(15-2)16-9-14(21)6-4-7-14;/h11,21H,3-9H2,1-2H3,(H2,15,16,18);1H. The van der Waals surface area contributed by atoms with Crippen molar-refractivity contribution in [2.75, 3.05) is 13.6 Å². The van der Waals surface area contributed by atoms with Crippen molar-refractivity contribution in [3.05, 3.63) is 11.6 Å². The molecular formula is C14H25IN6O. The number of guanidine groups is 1. The van der Waals surface area contributed by atoms with Crippen LogP contribution in [-0.4, -0.2) is 45.0 Å². The van der Waals surface area contributed by atoms with Gasteiger partial charge >= 0.3 is 0 Å². The lowest BCUT2D eigenvalue weighted by Crippen LogP contribution is -2.51. The summed E-state index contributed by atoms with van der Waals surface area (Å²) >= 11 is 0. The van der Waals surface area contributed by atoms with E-state index in [-0.39, 0.29) is 30.0 Å². The summed E-state index contributed by atoms with van der Waals surface area (Å²) < 4.78 is 1.98. The summed E-state index contributed by atoms with van der Waals surface area (Å²) in [5, 5.41) is 21.2. The molecule has 0 spiro atoms. The van der Waals surface area contributed by atoms with E-state index in [9.17, 15) is 5.11 Å². The SMILES string of the molecule is CN=C(NCC1(O)CCC1)NC1CCCn2nc(C)nc21.I. The maximum absolute atomic E-state index is 10.1. The Kier molecular flexibility index (Phi) is 5.65. The van der Waals surface area contributed by atoms with Crippen LogP contribution in [-0.2, 0) is 6.54 Å². The molecule has 1 unspecified atom stereocenters. The molecule has 3 N–H and O–H groups in total. The monoisotopic (exact) mass is 420 g/mol. The maximum Gasteiger partial charge on any atom is 0.191 e. The first-order chi connectivity index (χ1) is 10.1. The summed E-state index contributed by atoms with van der Waals surface area (Å²) in [4.78, 5) is 8.76. The molecule has 0 radical (unpaired) electrons. The number of hydrogen-bond donors (Lipinski definition) is 3. The van der Waals surface area contributed by atoms with Crippen molar-refractivity contribution in [2.45, 2.75) is 57.2 Å². The first-order valence-corrected chi connectivity index (χ1v) is 7.70. The van der Waals surface area contributed by atoms with Gasteiger partial charge in [0.2, 0.25) is 0 Å². The van der Waals surface area contributed by atoms with Crippen LogP contribution in [0, 0.1) is 6.92 Å². The highest BCUT2D eigenvalue weighted by Gasteiger charge is 2.34. The van der Waals surface area contributed by atoms with Crippen LogP contribution in [0.15, 0.2) is 4.99 Å². The number of halogens is 1. The summed E-state index contributed by atoms with van der Waals surface area (Å²) in [5.74, 6) is 2.50. The fourth-order valence-corrected chi connectivity index (χ4v) is 2.97. The van der Waals surface area contributed by atoms with Crippen molar-refractivity contribution >= 4 is 29.9 Å². The number of rotatable bonds is 3. The average molecular weight is 420 g/mol. The Morgan fingerprint density at radius 3 is 2.86 bits per heavy atom. The zero-order chi connectivity index (χ0) is 14.9. The van der Waals surface area contributed by atoms with Crippen LogP contribution >= 0.6 is 24.0 Å². The van der Waals surface area contributed by atoms with Crippen LogP contribution in [0.1, 0.15) is 49.8 Å². The van der Waals surface area contributed by atoms with E-state index in [1.165, 1.54) is 0 Å². The van der Waals surface area contributed by atoms with E-state index in [1.54, 1.807) is 7.05 Å². The lowest BCUT2D eigenvalue weighted by Gasteiger charge is -2.37. The van der Waals surface area contributed by atoms with E-state index in [4.69, 9.17) is 0 Å². The molecule has 0 saturated heterocycles. The minimum absolute atomic E-state index is 0. The van der Waals surface area contributed by atoms with E-state index in [2.05, 4.69) is 25.7 Å². The molecule has 1 aliphatic carbocycles. The predicted molar refractivity (Wildman–Crippen MR) is 95.4 cm³/mol. The molecule has 22 heavy (non-hydrogen) atoms. The third kappa shape index (κ3) is 3.70. The van der Waals surface area contributed by atoms with Gasteiger partial charge in [0.15, 0.2) is 5.96 Å². The minimum atomic E-state index is -0.555. The molecule has 2 heterocycles. The molecule has 124 valence electrons. The fourth-order valence-electron chi connectivity index (χ4n) is 2.97. The predicted octanol–water partition coefficient (Wildman–Crippen LogP) is 1.12. The highest BCUT2D eigenvalue weighted by molar-refractivity contribution is 14.0. The number of hydrogen-bond acceptors (Lipinski definition) is 4. The first kappa shape index (κ1) is 17.5. The molecule has 1 aliphatic heterocycles. The molecule has 7 nitrogen and oxygen atoms in total. The topological polar surface area (TPSA) is 87.4 Å². The van der Waals surface area contributed by atoms with Gasteiger partial charge in [-0.15, -0.1) is 24.0 Å². The van der Waals surface area contributed by atoms with Gasteiger partial charge in [-0.1, -0.05) is 0 Å². The summed E-state index contributed by atoms with van der Waals surface area (Å²) in [6, 6.07) is 0.127. The molecule has 2 aliphatic rings. The third-order valence-electron chi connectivity index (χ3n) is 4.38. The molecule has 3 rings (SSSR count). The Balaban J connectivity index is 0.00000176. The number of fused-ring (bicyclic) bond motifs is 1. The Hall–Kier alpha value is -0.900. The number of aliphatic imine (C=N–C) groups is 1. The second-order valence-electron chi connectivity index (χ2n) is 6.08. The van der Waals surface area contributed by atoms with Gasteiger partial charge in [0.05, 0.1) is 11.6 Å². The molecule has 1 fully saturated rings. The fraction of sp³-hybridized carbons (Fsp3) is 0.786. The van der Waals surface area contributed by atoms with Crippen LogP contribution < -0.4 is 10.6 Å². The molecule has 1 aromatic rings. The Morgan fingerprint density at radius 2 is 2.23 bits per heavy atom. The summed E-state index contributed by atoms with van der Waals surface area (Å²) in [7, 11) is 1.75. The van der Waals surface area contributed by atoms with Crippen LogP contribution in [0.5, 0.6) is 0 Å². The smallest absolute Gasteiger partial charge is 0.191 e. The Labute approximate surface area is 148 Å². The van der Waals surface area contributed by atoms with Gasteiger partial charge < -0.3 is 15.7 Å². The largest absolute Gasteiger partial charge is 0.388 e. The van der Waals surface area contributed by atoms with Gasteiger partial charge in [0, 0.05) is 20.1 Å². The van der Waals surface area contributed by atoms with Crippen molar-refractivity contribution < 1.29 is 5.11 Å². The molecule has 1 aromatic heterocycles. The van der Waals surface area contributed by atoms with Gasteiger partial charge in [0.25, 0.3) is 0 Å². The number of aliphatic hydroxyl groups is 1. The first-order valence-electron chi connectivity index (χ1n) is 7.70. The summed E-state index contributed by atoms with van der Waals surface area (Å²) in [6.07, 6.45) is 4.94. The quantitative estimate of drug-likeness (QED) is 0.388. The van der Waals surface area contributed by atoms with Crippen molar-refractivity contribution in [1.29, 1.82) is 0 Å². The molecule has 0 amide bonds. The normalized spacial score (nSPS) is 23.0. The van der Waals surface area contributed by atoms with Gasteiger partial charge in [-0.2, -0.15) is 5.10 Å². The Bertz CT molecular complexity index is 539. The maximum atomic E-state index is 10.1. The van der Waals surface area contributed by atoms with Gasteiger partial charge in [-0.3, -0.25) is 4.99 Å². The molecule has 1 atom stereocenters. The van der Waals surface area contributed by atoms with E-state index in [0.717, 1.165) is 56.3 Å². The molecular weight excluding hydrogens is 395 g/mol. The van der Waals surface area contributed by atoms with Crippen LogP contribution in [0.2, 0.25) is 0 Å². The second kappa shape index (κ2) is 7.12.